The van der Waals surface area contributed by atoms with Crippen LogP contribution in [0.2, 0.25) is 0 Å². The minimum absolute atomic E-state index is 0.972. The fourth-order valence-corrected chi connectivity index (χ4v) is 4.22. The quantitative estimate of drug-likeness (QED) is 0.433. The largest absolute Gasteiger partial charge is 0.173 e. The second kappa shape index (κ2) is 3.78. The molecular weight excluding hydrogens is 379 g/mol. The zero-order chi connectivity index (χ0) is 12.3. The number of halogens is 1. The second-order valence-corrected chi connectivity index (χ2v) is 6.29. The average Bonchev–Trinajstić information content (AvgIpc) is 2.98. The number of aryl methyl sites for hydroxylation is 1. The first-order chi connectivity index (χ1) is 8.75. The topological polar surface area (TPSA) is 51.6 Å². The number of aromatic nitrogens is 4. The van der Waals surface area contributed by atoms with E-state index >= 15 is 0 Å². The summed E-state index contributed by atoms with van der Waals surface area (Å²) in [5.74, 6) is 0. The van der Waals surface area contributed by atoms with Gasteiger partial charge < -0.3 is 0 Å². The van der Waals surface area contributed by atoms with Crippen LogP contribution in [0.3, 0.4) is 0 Å². The van der Waals surface area contributed by atoms with Gasteiger partial charge in [-0.1, -0.05) is 0 Å². The van der Waals surface area contributed by atoms with Gasteiger partial charge in [0, 0.05) is 14.3 Å². The highest BCUT2D eigenvalue weighted by Gasteiger charge is 2.14. The minimum Gasteiger partial charge on any atom is -0.173 e. The first-order valence-corrected chi connectivity index (χ1v) is 7.76. The zero-order valence-electron chi connectivity index (χ0n) is 9.14. The van der Waals surface area contributed by atoms with Crippen LogP contribution in [0.15, 0.2) is 12.1 Å². The normalized spacial score (nSPS) is 11.9. The summed E-state index contributed by atoms with van der Waals surface area (Å²) in [7, 11) is 0. The molecule has 0 aliphatic carbocycles. The molecule has 0 amide bonds. The third-order valence-corrected chi connectivity index (χ3v) is 4.89. The van der Waals surface area contributed by atoms with Gasteiger partial charge >= 0.3 is 0 Å². The lowest BCUT2D eigenvalue weighted by atomic mass is 10.0. The number of nitrogens with zero attached hydrogens (tertiary/aromatic N) is 4. The number of benzene rings is 2. The maximum atomic E-state index is 4.42. The first kappa shape index (κ1) is 10.9. The standard InChI is InChI=1S/C11H5IN4S2/c1-4-2-5-6(9-8(4)13-17-14-9)3-7(12)11-10(5)15-18-16-11/h2-3H,1H3. The van der Waals surface area contributed by atoms with E-state index in [0.29, 0.717) is 0 Å². The van der Waals surface area contributed by atoms with Crippen molar-refractivity contribution in [3.05, 3.63) is 21.3 Å². The minimum atomic E-state index is 0.972. The molecule has 0 atom stereocenters. The van der Waals surface area contributed by atoms with Gasteiger partial charge in [-0.25, -0.2) is 0 Å². The molecule has 0 unspecified atom stereocenters. The Morgan fingerprint density at radius 3 is 2.17 bits per heavy atom. The highest BCUT2D eigenvalue weighted by molar-refractivity contribution is 14.1. The van der Waals surface area contributed by atoms with E-state index in [4.69, 9.17) is 0 Å². The lowest BCUT2D eigenvalue weighted by Crippen LogP contribution is -1.85. The average molecular weight is 384 g/mol. The second-order valence-electron chi connectivity index (χ2n) is 4.07. The Morgan fingerprint density at radius 1 is 0.833 bits per heavy atom. The van der Waals surface area contributed by atoms with Gasteiger partial charge in [0.05, 0.1) is 23.5 Å². The molecule has 0 aliphatic heterocycles. The smallest absolute Gasteiger partial charge is 0.118 e. The summed E-state index contributed by atoms with van der Waals surface area (Å²) in [5, 5.41) is 2.24. The van der Waals surface area contributed by atoms with E-state index in [1.165, 1.54) is 23.5 Å². The summed E-state index contributed by atoms with van der Waals surface area (Å²) in [6.07, 6.45) is 0. The summed E-state index contributed by atoms with van der Waals surface area (Å²) in [4.78, 5) is 0. The lowest BCUT2D eigenvalue weighted by Gasteiger charge is -2.03. The van der Waals surface area contributed by atoms with Gasteiger partial charge in [-0.3, -0.25) is 0 Å². The van der Waals surface area contributed by atoms with Crippen LogP contribution in [-0.2, 0) is 0 Å². The van der Waals surface area contributed by atoms with Crippen molar-refractivity contribution in [3.8, 4) is 0 Å². The molecule has 0 radical (unpaired) electrons. The molecule has 18 heavy (non-hydrogen) atoms. The molecule has 0 bridgehead atoms. The zero-order valence-corrected chi connectivity index (χ0v) is 12.9. The Hall–Kier alpha value is -0.930. The highest BCUT2D eigenvalue weighted by Crippen LogP contribution is 2.33. The molecule has 2 aromatic heterocycles. The van der Waals surface area contributed by atoms with Gasteiger partial charge in [-0.05, 0) is 47.2 Å². The maximum Gasteiger partial charge on any atom is 0.118 e. The van der Waals surface area contributed by atoms with Crippen molar-refractivity contribution in [3.63, 3.8) is 0 Å². The van der Waals surface area contributed by atoms with Crippen molar-refractivity contribution < 1.29 is 0 Å². The Balaban J connectivity index is 2.40. The Bertz CT molecular complexity index is 836. The molecule has 4 rings (SSSR count). The van der Waals surface area contributed by atoms with Crippen molar-refractivity contribution in [1.29, 1.82) is 0 Å². The van der Waals surface area contributed by atoms with Crippen molar-refractivity contribution in [2.45, 2.75) is 6.92 Å². The van der Waals surface area contributed by atoms with E-state index in [-0.39, 0.29) is 0 Å². The van der Waals surface area contributed by atoms with Gasteiger partial charge in [0.15, 0.2) is 0 Å². The van der Waals surface area contributed by atoms with Crippen molar-refractivity contribution in [2.24, 2.45) is 0 Å². The fraction of sp³-hybridized carbons (Fsp3) is 0.0909. The molecule has 88 valence electrons. The molecule has 0 aliphatic rings. The van der Waals surface area contributed by atoms with Crippen LogP contribution in [0.4, 0.5) is 0 Å². The Labute approximate surface area is 124 Å². The van der Waals surface area contributed by atoms with Crippen LogP contribution in [0.25, 0.3) is 32.8 Å². The first-order valence-electron chi connectivity index (χ1n) is 5.22. The number of fused-ring (bicyclic) bond motifs is 5. The molecule has 2 heterocycles. The predicted molar refractivity (Wildman–Crippen MR) is 83.3 cm³/mol. The van der Waals surface area contributed by atoms with Crippen LogP contribution in [0.5, 0.6) is 0 Å². The monoisotopic (exact) mass is 384 g/mol. The molecule has 0 fully saturated rings. The van der Waals surface area contributed by atoms with E-state index in [1.54, 1.807) is 0 Å². The molecular formula is C11H5IN4S2. The van der Waals surface area contributed by atoms with Crippen molar-refractivity contribution >= 4 is 78.9 Å². The molecule has 0 spiro atoms. The molecule has 0 saturated carbocycles. The Morgan fingerprint density at radius 2 is 1.39 bits per heavy atom. The van der Waals surface area contributed by atoms with Crippen LogP contribution in [0, 0.1) is 10.5 Å². The molecule has 0 N–H and O–H groups in total. The van der Waals surface area contributed by atoms with Crippen LogP contribution in [0.1, 0.15) is 5.56 Å². The summed E-state index contributed by atoms with van der Waals surface area (Å²) in [6, 6.07) is 4.27. The van der Waals surface area contributed by atoms with E-state index in [2.05, 4.69) is 59.1 Å². The summed E-state index contributed by atoms with van der Waals surface area (Å²) < 4.78 is 18.7. The van der Waals surface area contributed by atoms with Gasteiger partial charge in [0.1, 0.15) is 22.1 Å². The summed E-state index contributed by atoms with van der Waals surface area (Å²) in [5.41, 5.74) is 5.06. The van der Waals surface area contributed by atoms with Gasteiger partial charge in [0.2, 0.25) is 0 Å². The van der Waals surface area contributed by atoms with E-state index in [9.17, 15) is 0 Å². The van der Waals surface area contributed by atoms with Gasteiger partial charge in [-0.15, -0.1) is 0 Å². The van der Waals surface area contributed by atoms with E-state index in [1.807, 2.05) is 0 Å². The number of hydrogen-bond acceptors (Lipinski definition) is 6. The Kier molecular flexibility index (Phi) is 2.30. The molecule has 2 aromatic carbocycles. The van der Waals surface area contributed by atoms with E-state index < -0.39 is 0 Å². The molecule has 4 aromatic rings. The van der Waals surface area contributed by atoms with E-state index in [0.717, 1.165) is 42.0 Å². The number of hydrogen-bond donors (Lipinski definition) is 0. The summed E-state index contributed by atoms with van der Waals surface area (Å²) in [6.45, 7) is 2.06. The fourth-order valence-electron chi connectivity index (χ4n) is 2.17. The van der Waals surface area contributed by atoms with Gasteiger partial charge in [-0.2, -0.15) is 17.5 Å². The van der Waals surface area contributed by atoms with Gasteiger partial charge in [0.25, 0.3) is 0 Å². The SMILES string of the molecule is Cc1cc2c(cc(I)c3nsnc32)c2nsnc12. The van der Waals surface area contributed by atoms with Crippen LogP contribution in [-0.4, -0.2) is 17.5 Å². The number of rotatable bonds is 0. The third-order valence-electron chi connectivity index (χ3n) is 3.01. The maximum absolute atomic E-state index is 4.42. The lowest BCUT2D eigenvalue weighted by molar-refractivity contribution is 1.50. The molecule has 7 heteroatoms. The van der Waals surface area contributed by atoms with Crippen molar-refractivity contribution in [2.75, 3.05) is 0 Å². The third kappa shape index (κ3) is 1.35. The molecule has 0 saturated heterocycles. The predicted octanol–water partition coefficient (Wildman–Crippen LogP) is 3.76. The van der Waals surface area contributed by atoms with Crippen LogP contribution >= 0.6 is 46.0 Å². The van der Waals surface area contributed by atoms with Crippen molar-refractivity contribution in [1.82, 2.24) is 17.5 Å². The highest BCUT2D eigenvalue weighted by atomic mass is 127. The van der Waals surface area contributed by atoms with Crippen LogP contribution < -0.4 is 0 Å². The summed E-state index contributed by atoms with van der Waals surface area (Å²) >= 11 is 4.82. The molecule has 4 nitrogen and oxygen atoms in total.